The Morgan fingerprint density at radius 1 is 1.36 bits per heavy atom. The van der Waals surface area contributed by atoms with Gasteiger partial charge in [-0.3, -0.25) is 4.79 Å². The van der Waals surface area contributed by atoms with Crippen molar-refractivity contribution in [2.45, 2.75) is 44.6 Å². The second kappa shape index (κ2) is 6.97. The van der Waals surface area contributed by atoms with Gasteiger partial charge in [-0.1, -0.05) is 23.7 Å². The number of fused-ring (bicyclic) bond motifs is 1. The number of aromatic nitrogens is 2. The van der Waals surface area contributed by atoms with Crippen LogP contribution in [0, 0.1) is 0 Å². The monoisotopic (exact) mass is 317 g/mol. The SMILES string of the molecule is O=C(CCCc1ccc(Cl)cc1)NC1CCc2[nH]cnc2C1. The molecule has 0 spiro atoms. The van der Waals surface area contributed by atoms with Crippen LogP contribution in [0.25, 0.3) is 0 Å². The highest BCUT2D eigenvalue weighted by Crippen LogP contribution is 2.18. The lowest BCUT2D eigenvalue weighted by molar-refractivity contribution is -0.121. The van der Waals surface area contributed by atoms with Gasteiger partial charge < -0.3 is 10.3 Å². The predicted molar refractivity (Wildman–Crippen MR) is 86.9 cm³/mol. The first-order valence-electron chi connectivity index (χ1n) is 7.75. The second-order valence-corrected chi connectivity index (χ2v) is 6.25. The normalized spacial score (nSPS) is 17.0. The standard InChI is InChI=1S/C17H20ClN3O/c18-13-6-4-12(5-7-13)2-1-3-17(22)21-14-8-9-15-16(10-14)20-11-19-15/h4-7,11,14H,1-3,8-10H2,(H,19,20)(H,21,22). The molecule has 1 heterocycles. The molecule has 116 valence electrons. The number of aromatic amines is 1. The molecule has 0 bridgehead atoms. The van der Waals surface area contributed by atoms with Crippen molar-refractivity contribution >= 4 is 17.5 Å². The number of carbonyl (C=O) groups is 1. The molecule has 1 aromatic heterocycles. The van der Waals surface area contributed by atoms with E-state index in [4.69, 9.17) is 11.6 Å². The van der Waals surface area contributed by atoms with Crippen LogP contribution in [0.4, 0.5) is 0 Å². The quantitative estimate of drug-likeness (QED) is 0.890. The maximum atomic E-state index is 12.0. The van der Waals surface area contributed by atoms with Gasteiger partial charge in [-0.15, -0.1) is 0 Å². The van der Waals surface area contributed by atoms with Gasteiger partial charge >= 0.3 is 0 Å². The third-order valence-electron chi connectivity index (χ3n) is 4.14. The molecule has 1 atom stereocenters. The van der Waals surface area contributed by atoms with Crippen LogP contribution in [-0.4, -0.2) is 21.9 Å². The lowest BCUT2D eigenvalue weighted by Crippen LogP contribution is -2.38. The number of hydrogen-bond acceptors (Lipinski definition) is 2. The highest BCUT2D eigenvalue weighted by Gasteiger charge is 2.21. The van der Waals surface area contributed by atoms with Crippen molar-refractivity contribution in [2.24, 2.45) is 0 Å². The fourth-order valence-corrected chi connectivity index (χ4v) is 3.05. The average molecular weight is 318 g/mol. The number of benzene rings is 1. The Hall–Kier alpha value is -1.81. The molecule has 5 heteroatoms. The highest BCUT2D eigenvalue weighted by atomic mass is 35.5. The molecule has 0 aliphatic heterocycles. The summed E-state index contributed by atoms with van der Waals surface area (Å²) in [5, 5.41) is 3.88. The van der Waals surface area contributed by atoms with E-state index < -0.39 is 0 Å². The summed E-state index contributed by atoms with van der Waals surface area (Å²) >= 11 is 5.86. The summed E-state index contributed by atoms with van der Waals surface area (Å²) in [6, 6.07) is 8.03. The van der Waals surface area contributed by atoms with Gasteiger partial charge in [-0.05, 0) is 43.4 Å². The number of hydrogen-bond donors (Lipinski definition) is 2. The third kappa shape index (κ3) is 3.89. The molecule has 0 radical (unpaired) electrons. The van der Waals surface area contributed by atoms with Crippen molar-refractivity contribution in [3.63, 3.8) is 0 Å². The zero-order chi connectivity index (χ0) is 15.4. The Morgan fingerprint density at radius 2 is 2.18 bits per heavy atom. The van der Waals surface area contributed by atoms with E-state index in [9.17, 15) is 4.79 Å². The number of nitrogens with zero attached hydrogens (tertiary/aromatic N) is 1. The fraction of sp³-hybridized carbons (Fsp3) is 0.412. The van der Waals surface area contributed by atoms with Crippen molar-refractivity contribution in [3.05, 3.63) is 52.6 Å². The summed E-state index contributed by atoms with van der Waals surface area (Å²) < 4.78 is 0. The Kier molecular flexibility index (Phi) is 4.78. The zero-order valence-corrected chi connectivity index (χ0v) is 13.2. The van der Waals surface area contributed by atoms with Crippen molar-refractivity contribution in [1.82, 2.24) is 15.3 Å². The van der Waals surface area contributed by atoms with Gasteiger partial charge in [0.15, 0.2) is 0 Å². The summed E-state index contributed by atoms with van der Waals surface area (Å²) in [6.45, 7) is 0. The minimum atomic E-state index is 0.137. The molecule has 4 nitrogen and oxygen atoms in total. The first-order chi connectivity index (χ1) is 10.7. The van der Waals surface area contributed by atoms with E-state index in [1.54, 1.807) is 6.33 Å². The fourth-order valence-electron chi connectivity index (χ4n) is 2.92. The third-order valence-corrected chi connectivity index (χ3v) is 4.39. The Labute approximate surface area is 135 Å². The van der Waals surface area contributed by atoms with Crippen LogP contribution >= 0.6 is 11.6 Å². The van der Waals surface area contributed by atoms with E-state index in [1.807, 2.05) is 24.3 Å². The van der Waals surface area contributed by atoms with Crippen molar-refractivity contribution < 1.29 is 4.79 Å². The number of halogens is 1. The molecule has 1 aromatic carbocycles. The first kappa shape index (κ1) is 15.1. The van der Waals surface area contributed by atoms with Crippen LogP contribution in [0.1, 0.15) is 36.2 Å². The summed E-state index contributed by atoms with van der Waals surface area (Å²) in [5.74, 6) is 0.137. The largest absolute Gasteiger partial charge is 0.353 e. The predicted octanol–water partition coefficient (Wildman–Crippen LogP) is 3.06. The first-order valence-corrected chi connectivity index (χ1v) is 8.13. The van der Waals surface area contributed by atoms with Crippen LogP contribution < -0.4 is 5.32 Å². The zero-order valence-electron chi connectivity index (χ0n) is 12.4. The van der Waals surface area contributed by atoms with Crippen LogP contribution in [0.5, 0.6) is 0 Å². The van der Waals surface area contributed by atoms with Crippen LogP contribution in [0.2, 0.25) is 5.02 Å². The topological polar surface area (TPSA) is 57.8 Å². The summed E-state index contributed by atoms with van der Waals surface area (Å²) in [7, 11) is 0. The molecular weight excluding hydrogens is 298 g/mol. The smallest absolute Gasteiger partial charge is 0.220 e. The number of aryl methyl sites for hydroxylation is 2. The van der Waals surface area contributed by atoms with E-state index in [1.165, 1.54) is 11.3 Å². The van der Waals surface area contributed by atoms with E-state index in [-0.39, 0.29) is 11.9 Å². The Morgan fingerprint density at radius 3 is 3.00 bits per heavy atom. The molecule has 0 saturated heterocycles. The van der Waals surface area contributed by atoms with E-state index in [0.717, 1.165) is 42.8 Å². The molecule has 22 heavy (non-hydrogen) atoms. The summed E-state index contributed by atoms with van der Waals surface area (Å²) in [5.41, 5.74) is 3.53. The Balaban J connectivity index is 1.40. The van der Waals surface area contributed by atoms with E-state index >= 15 is 0 Å². The van der Waals surface area contributed by atoms with Gasteiger partial charge in [0.05, 0.1) is 12.0 Å². The van der Waals surface area contributed by atoms with Crippen LogP contribution in [-0.2, 0) is 24.1 Å². The lowest BCUT2D eigenvalue weighted by atomic mass is 9.96. The molecule has 1 aliphatic carbocycles. The molecule has 1 amide bonds. The maximum absolute atomic E-state index is 12.0. The molecule has 0 fully saturated rings. The van der Waals surface area contributed by atoms with Gasteiger partial charge in [-0.2, -0.15) is 0 Å². The number of imidazole rings is 1. The summed E-state index contributed by atoms with van der Waals surface area (Å²) in [4.78, 5) is 19.5. The van der Waals surface area contributed by atoms with Gasteiger partial charge in [0.2, 0.25) is 5.91 Å². The number of amides is 1. The van der Waals surface area contributed by atoms with Crippen molar-refractivity contribution in [3.8, 4) is 0 Å². The highest BCUT2D eigenvalue weighted by molar-refractivity contribution is 6.30. The molecular formula is C17H20ClN3O. The number of nitrogens with one attached hydrogen (secondary N) is 2. The molecule has 1 aliphatic rings. The van der Waals surface area contributed by atoms with Gasteiger partial charge in [0.25, 0.3) is 0 Å². The Bertz CT molecular complexity index is 636. The van der Waals surface area contributed by atoms with Crippen LogP contribution in [0.3, 0.4) is 0 Å². The van der Waals surface area contributed by atoms with Crippen molar-refractivity contribution in [1.29, 1.82) is 0 Å². The van der Waals surface area contributed by atoms with Gasteiger partial charge in [0.1, 0.15) is 0 Å². The van der Waals surface area contributed by atoms with E-state index in [2.05, 4.69) is 15.3 Å². The number of H-pyrrole nitrogens is 1. The molecule has 3 rings (SSSR count). The molecule has 2 N–H and O–H groups in total. The van der Waals surface area contributed by atoms with Crippen molar-refractivity contribution in [2.75, 3.05) is 0 Å². The number of rotatable bonds is 5. The van der Waals surface area contributed by atoms with E-state index in [0.29, 0.717) is 6.42 Å². The number of carbonyl (C=O) groups excluding carboxylic acids is 1. The minimum Gasteiger partial charge on any atom is -0.353 e. The second-order valence-electron chi connectivity index (χ2n) is 5.82. The average Bonchev–Trinajstić information content (AvgIpc) is 2.97. The van der Waals surface area contributed by atoms with Gasteiger partial charge in [-0.25, -0.2) is 4.98 Å². The molecule has 1 unspecified atom stereocenters. The van der Waals surface area contributed by atoms with Gasteiger partial charge in [0, 0.05) is 29.6 Å². The van der Waals surface area contributed by atoms with Crippen LogP contribution in [0.15, 0.2) is 30.6 Å². The minimum absolute atomic E-state index is 0.137. The summed E-state index contributed by atoms with van der Waals surface area (Å²) in [6.07, 6.45) is 6.84. The maximum Gasteiger partial charge on any atom is 0.220 e. The molecule has 0 saturated carbocycles. The molecule has 2 aromatic rings. The lowest BCUT2D eigenvalue weighted by Gasteiger charge is -2.22.